The lowest BCUT2D eigenvalue weighted by Crippen LogP contribution is -2.29. The lowest BCUT2D eigenvalue weighted by atomic mass is 10.3. The maximum atomic E-state index is 11.9. The molecule has 96 valence electrons. The van der Waals surface area contributed by atoms with Crippen molar-refractivity contribution in [2.45, 2.75) is 13.0 Å². The van der Waals surface area contributed by atoms with E-state index in [2.05, 4.69) is 10.3 Å². The normalized spacial score (nSPS) is 11.9. The van der Waals surface area contributed by atoms with E-state index >= 15 is 0 Å². The Labute approximate surface area is 103 Å². The van der Waals surface area contributed by atoms with Gasteiger partial charge >= 0.3 is 0 Å². The number of nitrogens with one attached hydrogen (secondary N) is 1. The summed E-state index contributed by atoms with van der Waals surface area (Å²) < 4.78 is 25.2. The summed E-state index contributed by atoms with van der Waals surface area (Å²) in [5.41, 5.74) is 0.944. The molecular formula is C11H19N3O2S. The summed E-state index contributed by atoms with van der Waals surface area (Å²) in [5.74, 6) is 0.176. The third-order valence-corrected chi connectivity index (χ3v) is 4.34. The van der Waals surface area contributed by atoms with E-state index < -0.39 is 10.0 Å². The van der Waals surface area contributed by atoms with Crippen molar-refractivity contribution in [3.8, 4) is 0 Å². The van der Waals surface area contributed by atoms with Crippen LogP contribution in [0.4, 0.5) is 0 Å². The Morgan fingerprint density at radius 2 is 2.00 bits per heavy atom. The number of hydrogen-bond donors (Lipinski definition) is 1. The molecule has 0 saturated carbocycles. The van der Waals surface area contributed by atoms with Crippen LogP contribution >= 0.6 is 0 Å². The molecule has 0 atom stereocenters. The van der Waals surface area contributed by atoms with Gasteiger partial charge in [0, 0.05) is 26.0 Å². The van der Waals surface area contributed by atoms with Crippen molar-refractivity contribution < 1.29 is 8.42 Å². The van der Waals surface area contributed by atoms with Crippen molar-refractivity contribution in [1.29, 1.82) is 0 Å². The van der Waals surface area contributed by atoms with Gasteiger partial charge < -0.3 is 5.32 Å². The van der Waals surface area contributed by atoms with Gasteiger partial charge in [-0.15, -0.1) is 0 Å². The first kappa shape index (κ1) is 14.1. The molecule has 1 aromatic rings. The summed E-state index contributed by atoms with van der Waals surface area (Å²) in [7, 11) is 0.261. The molecule has 6 heteroatoms. The van der Waals surface area contributed by atoms with Gasteiger partial charge in [0.1, 0.15) is 0 Å². The summed E-state index contributed by atoms with van der Waals surface area (Å²) in [5, 5.41) is 2.94. The summed E-state index contributed by atoms with van der Waals surface area (Å²) in [4.78, 5) is 3.90. The summed E-state index contributed by atoms with van der Waals surface area (Å²) in [6, 6.07) is 3.64. The average Bonchev–Trinajstić information content (AvgIpc) is 2.30. The molecule has 0 radical (unpaired) electrons. The largest absolute Gasteiger partial charge is 0.320 e. The van der Waals surface area contributed by atoms with Crippen LogP contribution in [0, 0.1) is 0 Å². The molecule has 0 bridgehead atoms. The summed E-state index contributed by atoms with van der Waals surface area (Å²) in [6.07, 6.45) is 3.95. The van der Waals surface area contributed by atoms with E-state index in [1.807, 2.05) is 19.2 Å². The highest BCUT2D eigenvalue weighted by Gasteiger charge is 2.17. The maximum absolute atomic E-state index is 11.9. The topological polar surface area (TPSA) is 62.3 Å². The van der Waals surface area contributed by atoms with E-state index in [0.717, 1.165) is 5.56 Å². The van der Waals surface area contributed by atoms with Crippen molar-refractivity contribution in [3.05, 3.63) is 30.1 Å². The Morgan fingerprint density at radius 3 is 2.59 bits per heavy atom. The molecule has 0 fully saturated rings. The van der Waals surface area contributed by atoms with Crippen LogP contribution < -0.4 is 5.32 Å². The molecule has 0 aromatic carbocycles. The van der Waals surface area contributed by atoms with Crippen molar-refractivity contribution in [3.63, 3.8) is 0 Å². The van der Waals surface area contributed by atoms with Gasteiger partial charge in [0.25, 0.3) is 0 Å². The molecule has 1 N–H and O–H groups in total. The fourth-order valence-electron chi connectivity index (χ4n) is 1.43. The zero-order chi connectivity index (χ0) is 12.7. The quantitative estimate of drug-likeness (QED) is 0.721. The molecule has 0 saturated heterocycles. The van der Waals surface area contributed by atoms with E-state index in [1.165, 1.54) is 4.31 Å². The standard InChI is InChI=1S/C11H19N3O2S/c1-12-6-3-9-17(15,16)14(2)10-11-4-7-13-8-5-11/h4-5,7-8,12H,3,6,9-10H2,1-2H3. The number of pyridine rings is 1. The van der Waals surface area contributed by atoms with Crippen LogP contribution in [0.2, 0.25) is 0 Å². The van der Waals surface area contributed by atoms with E-state index in [0.29, 0.717) is 19.5 Å². The predicted molar refractivity (Wildman–Crippen MR) is 68.0 cm³/mol. The minimum absolute atomic E-state index is 0.176. The minimum Gasteiger partial charge on any atom is -0.320 e. The van der Waals surface area contributed by atoms with Crippen molar-refractivity contribution in [2.24, 2.45) is 0 Å². The van der Waals surface area contributed by atoms with Gasteiger partial charge in [-0.05, 0) is 37.7 Å². The number of sulfonamides is 1. The SMILES string of the molecule is CNCCCS(=O)(=O)N(C)Cc1ccncc1. The van der Waals surface area contributed by atoms with Crippen molar-refractivity contribution in [2.75, 3.05) is 26.4 Å². The lowest BCUT2D eigenvalue weighted by Gasteiger charge is -2.17. The van der Waals surface area contributed by atoms with Crippen molar-refractivity contribution >= 4 is 10.0 Å². The van der Waals surface area contributed by atoms with Crippen LogP contribution in [0.5, 0.6) is 0 Å². The molecular weight excluding hydrogens is 238 g/mol. The second-order valence-electron chi connectivity index (χ2n) is 3.88. The Hall–Kier alpha value is -0.980. The highest BCUT2D eigenvalue weighted by molar-refractivity contribution is 7.89. The number of rotatable bonds is 7. The van der Waals surface area contributed by atoms with Gasteiger partial charge in [-0.1, -0.05) is 0 Å². The highest BCUT2D eigenvalue weighted by atomic mass is 32.2. The van der Waals surface area contributed by atoms with Gasteiger partial charge in [0.2, 0.25) is 10.0 Å². The molecule has 1 aromatic heterocycles. The summed E-state index contributed by atoms with van der Waals surface area (Å²) >= 11 is 0. The molecule has 0 aliphatic rings. The first-order chi connectivity index (χ1) is 8.06. The van der Waals surface area contributed by atoms with Gasteiger partial charge in [-0.2, -0.15) is 0 Å². The van der Waals surface area contributed by atoms with E-state index in [4.69, 9.17) is 0 Å². The van der Waals surface area contributed by atoms with Crippen LogP contribution in [-0.4, -0.2) is 44.1 Å². The molecule has 1 rings (SSSR count). The Balaban J connectivity index is 2.54. The van der Waals surface area contributed by atoms with Gasteiger partial charge in [0.05, 0.1) is 5.75 Å². The zero-order valence-electron chi connectivity index (χ0n) is 10.3. The van der Waals surface area contributed by atoms with Crippen molar-refractivity contribution in [1.82, 2.24) is 14.6 Å². The fraction of sp³-hybridized carbons (Fsp3) is 0.545. The van der Waals surface area contributed by atoms with Crippen LogP contribution in [0.3, 0.4) is 0 Å². The van der Waals surface area contributed by atoms with E-state index in [-0.39, 0.29) is 5.75 Å². The van der Waals surface area contributed by atoms with Gasteiger partial charge in [0.15, 0.2) is 0 Å². The highest BCUT2D eigenvalue weighted by Crippen LogP contribution is 2.07. The fourth-order valence-corrected chi connectivity index (χ4v) is 2.60. The molecule has 17 heavy (non-hydrogen) atoms. The smallest absolute Gasteiger partial charge is 0.214 e. The number of hydrogen-bond acceptors (Lipinski definition) is 4. The minimum atomic E-state index is -3.16. The molecule has 0 aliphatic heterocycles. The molecule has 0 aliphatic carbocycles. The van der Waals surface area contributed by atoms with Gasteiger partial charge in [-0.3, -0.25) is 4.98 Å². The van der Waals surface area contributed by atoms with Crippen LogP contribution in [-0.2, 0) is 16.6 Å². The van der Waals surface area contributed by atoms with E-state index in [9.17, 15) is 8.42 Å². The molecule has 0 amide bonds. The maximum Gasteiger partial charge on any atom is 0.214 e. The van der Waals surface area contributed by atoms with E-state index in [1.54, 1.807) is 19.4 Å². The second-order valence-corrected chi connectivity index (χ2v) is 6.08. The molecule has 0 unspecified atom stereocenters. The lowest BCUT2D eigenvalue weighted by molar-refractivity contribution is 0.464. The molecule has 5 nitrogen and oxygen atoms in total. The number of nitrogens with zero attached hydrogens (tertiary/aromatic N) is 2. The van der Waals surface area contributed by atoms with Crippen LogP contribution in [0.15, 0.2) is 24.5 Å². The monoisotopic (exact) mass is 257 g/mol. The Kier molecular flexibility index (Phi) is 5.54. The van der Waals surface area contributed by atoms with Crippen LogP contribution in [0.25, 0.3) is 0 Å². The molecule has 1 heterocycles. The molecule has 0 spiro atoms. The predicted octanol–water partition coefficient (Wildman–Crippen LogP) is 0.453. The zero-order valence-corrected chi connectivity index (χ0v) is 11.1. The Bertz CT molecular complexity index is 420. The van der Waals surface area contributed by atoms with Gasteiger partial charge in [-0.25, -0.2) is 12.7 Å². The van der Waals surface area contributed by atoms with Crippen LogP contribution in [0.1, 0.15) is 12.0 Å². The second kappa shape index (κ2) is 6.68. The first-order valence-corrected chi connectivity index (χ1v) is 7.14. The first-order valence-electron chi connectivity index (χ1n) is 5.54. The third-order valence-electron chi connectivity index (χ3n) is 2.46. The average molecular weight is 257 g/mol. The summed E-state index contributed by atoms with van der Waals surface area (Å²) in [6.45, 7) is 1.10. The Morgan fingerprint density at radius 1 is 1.35 bits per heavy atom. The third kappa shape index (κ3) is 4.80. The number of aromatic nitrogens is 1.